The maximum atomic E-state index is 12.6. The lowest BCUT2D eigenvalue weighted by Gasteiger charge is -2.21. The van der Waals surface area contributed by atoms with E-state index < -0.39 is 12.0 Å². The molecule has 0 saturated carbocycles. The highest BCUT2D eigenvalue weighted by Crippen LogP contribution is 2.34. The second-order valence-electron chi connectivity index (χ2n) is 4.98. The van der Waals surface area contributed by atoms with Gasteiger partial charge in [0.2, 0.25) is 0 Å². The number of benzene rings is 1. The molecule has 0 radical (unpaired) electrons. The Morgan fingerprint density at radius 2 is 1.96 bits per heavy atom. The molecule has 0 N–H and O–H groups in total. The van der Waals surface area contributed by atoms with Crippen molar-refractivity contribution < 1.29 is 19.1 Å². The van der Waals surface area contributed by atoms with Crippen LogP contribution in [0.25, 0.3) is 6.08 Å². The summed E-state index contributed by atoms with van der Waals surface area (Å²) in [4.78, 5) is 26.2. The van der Waals surface area contributed by atoms with Crippen LogP contribution >= 0.6 is 24.0 Å². The van der Waals surface area contributed by atoms with Crippen molar-refractivity contribution in [3.8, 4) is 5.75 Å². The predicted molar refractivity (Wildman–Crippen MR) is 98.7 cm³/mol. The number of esters is 1. The minimum Gasteiger partial charge on any atom is -0.494 e. The highest BCUT2D eigenvalue weighted by Gasteiger charge is 2.38. The number of thioether (sulfide) groups is 1. The number of carbonyl (C=O) groups is 2. The van der Waals surface area contributed by atoms with Gasteiger partial charge < -0.3 is 9.47 Å². The van der Waals surface area contributed by atoms with Crippen LogP contribution in [-0.4, -0.2) is 40.4 Å². The van der Waals surface area contributed by atoms with Gasteiger partial charge in [0.1, 0.15) is 16.1 Å². The molecule has 0 bridgehead atoms. The van der Waals surface area contributed by atoms with E-state index in [1.165, 1.54) is 16.7 Å². The zero-order valence-electron chi connectivity index (χ0n) is 13.8. The summed E-state index contributed by atoms with van der Waals surface area (Å²) in [6, 6.07) is 6.69. The van der Waals surface area contributed by atoms with E-state index >= 15 is 0 Å². The summed E-state index contributed by atoms with van der Waals surface area (Å²) in [5.41, 5.74) is 0.864. The summed E-state index contributed by atoms with van der Waals surface area (Å²) in [7, 11) is 0. The van der Waals surface area contributed by atoms with Gasteiger partial charge in [-0.3, -0.25) is 9.69 Å². The van der Waals surface area contributed by atoms with E-state index in [9.17, 15) is 9.59 Å². The average molecular weight is 365 g/mol. The van der Waals surface area contributed by atoms with Crippen LogP contribution in [0.2, 0.25) is 0 Å². The second kappa shape index (κ2) is 8.30. The number of nitrogens with zero attached hydrogens (tertiary/aromatic N) is 1. The van der Waals surface area contributed by atoms with E-state index in [0.29, 0.717) is 15.8 Å². The average Bonchev–Trinajstić information content (AvgIpc) is 2.83. The molecule has 24 heavy (non-hydrogen) atoms. The molecular weight excluding hydrogens is 346 g/mol. The van der Waals surface area contributed by atoms with Crippen LogP contribution in [0.3, 0.4) is 0 Å². The Labute approximate surface area is 151 Å². The van der Waals surface area contributed by atoms with Gasteiger partial charge in [-0.2, -0.15) is 0 Å². The fourth-order valence-electron chi connectivity index (χ4n) is 2.16. The van der Waals surface area contributed by atoms with Crippen molar-refractivity contribution >= 4 is 46.3 Å². The van der Waals surface area contributed by atoms with Crippen molar-refractivity contribution in [1.29, 1.82) is 0 Å². The number of rotatable bonds is 6. The van der Waals surface area contributed by atoms with Gasteiger partial charge in [-0.15, -0.1) is 0 Å². The summed E-state index contributed by atoms with van der Waals surface area (Å²) in [6.07, 6.45) is 1.76. The minimum absolute atomic E-state index is 0.264. The van der Waals surface area contributed by atoms with Crippen molar-refractivity contribution in [2.45, 2.75) is 26.8 Å². The van der Waals surface area contributed by atoms with Gasteiger partial charge in [-0.25, -0.2) is 4.79 Å². The van der Waals surface area contributed by atoms with Crippen molar-refractivity contribution in [2.24, 2.45) is 0 Å². The third kappa shape index (κ3) is 4.15. The summed E-state index contributed by atoms with van der Waals surface area (Å²) < 4.78 is 10.7. The molecule has 1 aromatic rings. The van der Waals surface area contributed by atoms with E-state index in [0.717, 1.165) is 11.3 Å². The molecule has 128 valence electrons. The minimum atomic E-state index is -0.733. The second-order valence-corrected chi connectivity index (χ2v) is 6.66. The molecule has 1 atom stereocenters. The van der Waals surface area contributed by atoms with Crippen LogP contribution in [-0.2, 0) is 14.3 Å². The fraction of sp³-hybridized carbons (Fsp3) is 0.353. The molecular formula is C17H19NO4S2. The molecule has 0 spiro atoms. The molecule has 1 aromatic carbocycles. The Balaban J connectivity index is 2.16. The first kappa shape index (κ1) is 18.5. The predicted octanol–water partition coefficient (Wildman–Crippen LogP) is 3.24. The molecule has 0 aliphatic carbocycles. The van der Waals surface area contributed by atoms with Crippen LogP contribution < -0.4 is 4.74 Å². The largest absolute Gasteiger partial charge is 0.494 e. The van der Waals surface area contributed by atoms with Crippen LogP contribution in [0, 0.1) is 0 Å². The lowest BCUT2D eigenvalue weighted by molar-refractivity contribution is -0.149. The molecule has 1 unspecified atom stereocenters. The normalized spacial score (nSPS) is 17.3. The number of hydrogen-bond donors (Lipinski definition) is 0. The number of ether oxygens (including phenoxy) is 2. The van der Waals surface area contributed by atoms with Crippen LogP contribution in [0.4, 0.5) is 0 Å². The molecule has 5 nitrogen and oxygen atoms in total. The first-order chi connectivity index (χ1) is 11.5. The van der Waals surface area contributed by atoms with Crippen molar-refractivity contribution in [3.05, 3.63) is 34.7 Å². The molecule has 2 rings (SSSR count). The highest BCUT2D eigenvalue weighted by atomic mass is 32.2. The summed E-state index contributed by atoms with van der Waals surface area (Å²) in [5.74, 6) is 0.0358. The SMILES string of the molecule is CCOC(=O)C(C)N1C(=O)/C(=C/c2ccc(OCC)cc2)SC1=S. The van der Waals surface area contributed by atoms with Gasteiger partial charge in [0.15, 0.2) is 0 Å². The zero-order valence-corrected chi connectivity index (χ0v) is 15.4. The number of carbonyl (C=O) groups excluding carboxylic acids is 2. The first-order valence-electron chi connectivity index (χ1n) is 7.64. The van der Waals surface area contributed by atoms with Crippen molar-refractivity contribution in [1.82, 2.24) is 4.90 Å². The van der Waals surface area contributed by atoms with Gasteiger partial charge in [-0.1, -0.05) is 36.1 Å². The maximum absolute atomic E-state index is 12.6. The van der Waals surface area contributed by atoms with Crippen molar-refractivity contribution in [3.63, 3.8) is 0 Å². The summed E-state index contributed by atoms with van der Waals surface area (Å²) in [6.45, 7) is 6.12. The van der Waals surface area contributed by atoms with E-state index in [1.807, 2.05) is 31.2 Å². The van der Waals surface area contributed by atoms with Gasteiger partial charge in [0.05, 0.1) is 18.1 Å². The fourth-order valence-corrected chi connectivity index (χ4v) is 3.58. The Morgan fingerprint density at radius 3 is 2.54 bits per heavy atom. The molecule has 1 amide bonds. The molecule has 7 heteroatoms. The Bertz CT molecular complexity index is 670. The molecule has 1 aliphatic rings. The molecule has 1 fully saturated rings. The van der Waals surface area contributed by atoms with E-state index in [-0.39, 0.29) is 12.5 Å². The number of hydrogen-bond acceptors (Lipinski definition) is 6. The van der Waals surface area contributed by atoms with Gasteiger partial charge in [0, 0.05) is 0 Å². The zero-order chi connectivity index (χ0) is 17.7. The van der Waals surface area contributed by atoms with Crippen molar-refractivity contribution in [2.75, 3.05) is 13.2 Å². The van der Waals surface area contributed by atoms with Crippen LogP contribution in [0.5, 0.6) is 5.75 Å². The Morgan fingerprint density at radius 1 is 1.29 bits per heavy atom. The summed E-state index contributed by atoms with van der Waals surface area (Å²) in [5, 5.41) is 0. The monoisotopic (exact) mass is 365 g/mol. The third-order valence-corrected chi connectivity index (χ3v) is 4.66. The molecule has 1 heterocycles. The van der Waals surface area contributed by atoms with Crippen LogP contribution in [0.15, 0.2) is 29.2 Å². The quantitative estimate of drug-likeness (QED) is 0.438. The lowest BCUT2D eigenvalue weighted by Crippen LogP contribution is -2.42. The van der Waals surface area contributed by atoms with Gasteiger partial charge in [0.25, 0.3) is 5.91 Å². The van der Waals surface area contributed by atoms with E-state index in [4.69, 9.17) is 21.7 Å². The maximum Gasteiger partial charge on any atom is 0.329 e. The molecule has 1 aliphatic heterocycles. The highest BCUT2D eigenvalue weighted by molar-refractivity contribution is 8.26. The standard InChI is InChI=1S/C17H19NO4S2/c1-4-21-13-8-6-12(7-9-13)10-14-15(19)18(17(23)24-14)11(3)16(20)22-5-2/h6-11H,4-5H2,1-3H3/b14-10-. The molecule has 0 aromatic heterocycles. The topological polar surface area (TPSA) is 55.8 Å². The Hall–Kier alpha value is -1.86. The lowest BCUT2D eigenvalue weighted by atomic mass is 10.2. The number of amides is 1. The number of thiocarbonyl (C=S) groups is 1. The van der Waals surface area contributed by atoms with Gasteiger partial charge >= 0.3 is 5.97 Å². The smallest absolute Gasteiger partial charge is 0.329 e. The summed E-state index contributed by atoms with van der Waals surface area (Å²) >= 11 is 6.43. The van der Waals surface area contributed by atoms with E-state index in [1.54, 1.807) is 19.9 Å². The van der Waals surface area contributed by atoms with Crippen LogP contribution in [0.1, 0.15) is 26.3 Å². The van der Waals surface area contributed by atoms with E-state index in [2.05, 4.69) is 0 Å². The van der Waals surface area contributed by atoms with Gasteiger partial charge in [-0.05, 0) is 44.5 Å². The Kier molecular flexibility index (Phi) is 6.39. The first-order valence-corrected chi connectivity index (χ1v) is 8.87. The molecule has 1 saturated heterocycles. The third-order valence-electron chi connectivity index (χ3n) is 3.33.